The maximum Gasteiger partial charge on any atom is 0.118 e. The van der Waals surface area contributed by atoms with Crippen molar-refractivity contribution in [3.8, 4) is 5.75 Å². The molecule has 0 radical (unpaired) electrons. The number of nitrogens with zero attached hydrogens (tertiary/aromatic N) is 1. The summed E-state index contributed by atoms with van der Waals surface area (Å²) in [6.45, 7) is 4.35. The van der Waals surface area contributed by atoms with Gasteiger partial charge in [-0.25, -0.2) is 0 Å². The monoisotopic (exact) mass is 296 g/mol. The Bertz CT molecular complexity index is 381. The summed E-state index contributed by atoms with van der Waals surface area (Å²) in [5.41, 5.74) is 7.48. The molecule has 20 heavy (non-hydrogen) atoms. The van der Waals surface area contributed by atoms with Gasteiger partial charge >= 0.3 is 0 Å². The van der Waals surface area contributed by atoms with E-state index >= 15 is 0 Å². The van der Waals surface area contributed by atoms with Crippen LogP contribution < -0.4 is 10.5 Å². The van der Waals surface area contributed by atoms with E-state index in [1.807, 2.05) is 23.9 Å². The molecule has 3 nitrogen and oxygen atoms in total. The van der Waals surface area contributed by atoms with Crippen molar-refractivity contribution >= 4 is 11.8 Å². The predicted molar refractivity (Wildman–Crippen MR) is 89.6 cm³/mol. The second kappa shape index (κ2) is 8.55. The minimum Gasteiger partial charge on any atom is -0.497 e. The molecule has 2 N–H and O–H groups in total. The van der Waals surface area contributed by atoms with Crippen LogP contribution in [0.3, 0.4) is 0 Å². The summed E-state index contributed by atoms with van der Waals surface area (Å²) in [6, 6.07) is 9.08. The number of nitrogens with two attached hydrogens (primary N) is 1. The zero-order chi connectivity index (χ0) is 15.1. The first kappa shape index (κ1) is 17.3. The fourth-order valence-electron chi connectivity index (χ4n) is 2.48. The van der Waals surface area contributed by atoms with Crippen molar-refractivity contribution in [3.63, 3.8) is 0 Å². The number of ether oxygens (including phenoxy) is 1. The lowest BCUT2D eigenvalue weighted by atomic mass is 9.97. The molecule has 0 aliphatic carbocycles. The average Bonchev–Trinajstić information content (AvgIpc) is 2.45. The van der Waals surface area contributed by atoms with Gasteiger partial charge in [-0.3, -0.25) is 4.90 Å². The molecular weight excluding hydrogens is 268 g/mol. The molecule has 4 heteroatoms. The van der Waals surface area contributed by atoms with Gasteiger partial charge in [-0.1, -0.05) is 12.1 Å². The molecule has 3 unspecified atom stereocenters. The van der Waals surface area contributed by atoms with Crippen LogP contribution in [0, 0.1) is 0 Å². The molecule has 114 valence electrons. The van der Waals surface area contributed by atoms with E-state index in [4.69, 9.17) is 10.5 Å². The zero-order valence-corrected chi connectivity index (χ0v) is 14.1. The number of hydrogen-bond acceptors (Lipinski definition) is 4. The van der Waals surface area contributed by atoms with E-state index in [2.05, 4.69) is 44.2 Å². The van der Waals surface area contributed by atoms with Gasteiger partial charge < -0.3 is 10.5 Å². The number of thioether (sulfide) groups is 1. The topological polar surface area (TPSA) is 38.5 Å². The molecule has 3 atom stereocenters. The number of methoxy groups -OCH3 is 1. The smallest absolute Gasteiger partial charge is 0.118 e. The maximum absolute atomic E-state index is 6.23. The van der Waals surface area contributed by atoms with E-state index in [1.54, 1.807) is 7.11 Å². The summed E-state index contributed by atoms with van der Waals surface area (Å²) in [5, 5.41) is 0. The van der Waals surface area contributed by atoms with Gasteiger partial charge in [-0.05, 0) is 57.0 Å². The maximum atomic E-state index is 6.23. The molecule has 0 aliphatic rings. The van der Waals surface area contributed by atoms with Crippen LogP contribution in [0.15, 0.2) is 24.3 Å². The Morgan fingerprint density at radius 2 is 1.85 bits per heavy atom. The van der Waals surface area contributed by atoms with Gasteiger partial charge in [-0.15, -0.1) is 0 Å². The first-order chi connectivity index (χ1) is 9.51. The van der Waals surface area contributed by atoms with E-state index < -0.39 is 0 Å². The lowest BCUT2D eigenvalue weighted by Gasteiger charge is -2.36. The fraction of sp³-hybridized carbons (Fsp3) is 0.625. The third-order valence-corrected chi connectivity index (χ3v) is 4.47. The van der Waals surface area contributed by atoms with Crippen molar-refractivity contribution in [3.05, 3.63) is 29.8 Å². The molecule has 1 aromatic carbocycles. The molecule has 0 fully saturated rings. The van der Waals surface area contributed by atoms with E-state index in [0.29, 0.717) is 6.04 Å². The molecule has 0 aromatic heterocycles. The minimum absolute atomic E-state index is 0.0881. The van der Waals surface area contributed by atoms with E-state index in [-0.39, 0.29) is 12.1 Å². The molecule has 0 spiro atoms. The quantitative estimate of drug-likeness (QED) is 0.800. The molecule has 0 bridgehead atoms. The summed E-state index contributed by atoms with van der Waals surface area (Å²) >= 11 is 1.89. The zero-order valence-electron chi connectivity index (χ0n) is 13.3. The summed E-state index contributed by atoms with van der Waals surface area (Å²) in [7, 11) is 3.86. The van der Waals surface area contributed by atoms with Crippen LogP contribution in [0.1, 0.15) is 31.9 Å². The highest BCUT2D eigenvalue weighted by Crippen LogP contribution is 2.27. The SMILES string of the molecule is COc1ccc(C(C(C)N)N(C)C(C)CCSC)cc1. The van der Waals surface area contributed by atoms with Gasteiger partial charge in [0.2, 0.25) is 0 Å². The lowest BCUT2D eigenvalue weighted by Crippen LogP contribution is -2.42. The molecule has 0 saturated carbocycles. The lowest BCUT2D eigenvalue weighted by molar-refractivity contribution is 0.162. The van der Waals surface area contributed by atoms with Crippen LogP contribution in [0.25, 0.3) is 0 Å². The molecular formula is C16H28N2OS. The Kier molecular flexibility index (Phi) is 7.41. The first-order valence-corrected chi connectivity index (χ1v) is 8.51. The molecule has 0 amide bonds. The highest BCUT2D eigenvalue weighted by atomic mass is 32.2. The Morgan fingerprint density at radius 3 is 2.30 bits per heavy atom. The number of rotatable bonds is 8. The third-order valence-electron chi connectivity index (χ3n) is 3.83. The largest absolute Gasteiger partial charge is 0.497 e. The summed E-state index contributed by atoms with van der Waals surface area (Å²) in [6.07, 6.45) is 3.33. The van der Waals surface area contributed by atoms with E-state index in [0.717, 1.165) is 5.75 Å². The number of hydrogen-bond donors (Lipinski definition) is 1. The standard InChI is InChI=1S/C16H28N2OS/c1-12(10-11-20-5)18(3)16(13(2)17)14-6-8-15(19-4)9-7-14/h6-9,12-13,16H,10-11,17H2,1-5H3. The average molecular weight is 296 g/mol. The van der Waals surface area contributed by atoms with Crippen molar-refractivity contribution in [2.45, 2.75) is 38.4 Å². The van der Waals surface area contributed by atoms with E-state index in [1.165, 1.54) is 17.7 Å². The summed E-state index contributed by atoms with van der Waals surface area (Å²) < 4.78 is 5.22. The van der Waals surface area contributed by atoms with Gasteiger partial charge in [-0.2, -0.15) is 11.8 Å². The molecule has 1 rings (SSSR count). The second-order valence-corrected chi connectivity index (χ2v) is 6.36. The van der Waals surface area contributed by atoms with Crippen molar-refractivity contribution in [2.24, 2.45) is 5.73 Å². The van der Waals surface area contributed by atoms with Crippen LogP contribution in [0.4, 0.5) is 0 Å². The highest BCUT2D eigenvalue weighted by molar-refractivity contribution is 7.98. The Labute approximate surface area is 127 Å². The van der Waals surface area contributed by atoms with Crippen molar-refractivity contribution in [1.29, 1.82) is 0 Å². The van der Waals surface area contributed by atoms with E-state index in [9.17, 15) is 0 Å². The van der Waals surface area contributed by atoms with Crippen molar-refractivity contribution in [1.82, 2.24) is 4.90 Å². The molecule has 0 aliphatic heterocycles. The van der Waals surface area contributed by atoms with Gasteiger partial charge in [0.15, 0.2) is 0 Å². The summed E-state index contributed by atoms with van der Waals surface area (Å²) in [5.74, 6) is 2.06. The van der Waals surface area contributed by atoms with Crippen LogP contribution in [0.2, 0.25) is 0 Å². The second-order valence-electron chi connectivity index (χ2n) is 5.37. The van der Waals surface area contributed by atoms with Crippen LogP contribution in [-0.4, -0.2) is 43.1 Å². The predicted octanol–water partition coefficient (Wildman–Crippen LogP) is 3.16. The number of benzene rings is 1. The molecule has 0 saturated heterocycles. The van der Waals surface area contributed by atoms with Gasteiger partial charge in [0.05, 0.1) is 7.11 Å². The Morgan fingerprint density at radius 1 is 1.25 bits per heavy atom. The van der Waals surface area contributed by atoms with Crippen molar-refractivity contribution in [2.75, 3.05) is 26.2 Å². The Hall–Kier alpha value is -0.710. The van der Waals surface area contributed by atoms with Crippen LogP contribution in [0.5, 0.6) is 5.75 Å². The number of likely N-dealkylation sites (N-methyl/N-ethyl adjacent to an activating group) is 1. The summed E-state index contributed by atoms with van der Waals surface area (Å²) in [4.78, 5) is 2.39. The Balaban J connectivity index is 2.86. The van der Waals surface area contributed by atoms with Crippen molar-refractivity contribution < 1.29 is 4.74 Å². The minimum atomic E-state index is 0.0881. The third kappa shape index (κ3) is 4.69. The fourth-order valence-corrected chi connectivity index (χ4v) is 3.05. The van der Waals surface area contributed by atoms with Gasteiger partial charge in [0.25, 0.3) is 0 Å². The highest BCUT2D eigenvalue weighted by Gasteiger charge is 2.24. The van der Waals surface area contributed by atoms with Crippen LogP contribution >= 0.6 is 11.8 Å². The first-order valence-electron chi connectivity index (χ1n) is 7.11. The van der Waals surface area contributed by atoms with Crippen LogP contribution in [-0.2, 0) is 0 Å². The molecule has 0 heterocycles. The normalized spacial score (nSPS) is 15.9. The van der Waals surface area contributed by atoms with Gasteiger partial charge in [0, 0.05) is 18.1 Å². The van der Waals surface area contributed by atoms with Gasteiger partial charge in [0.1, 0.15) is 5.75 Å². The molecule has 1 aromatic rings.